The van der Waals surface area contributed by atoms with E-state index >= 15 is 0 Å². The van der Waals surface area contributed by atoms with Crippen LogP contribution in [0, 0.1) is 0 Å². The van der Waals surface area contributed by atoms with E-state index in [1.54, 1.807) is 0 Å². The molecule has 0 aliphatic carbocycles. The van der Waals surface area contributed by atoms with Gasteiger partial charge in [-0.05, 0) is 128 Å². The van der Waals surface area contributed by atoms with E-state index in [-0.39, 0.29) is 31.1 Å². The van der Waals surface area contributed by atoms with Gasteiger partial charge in [-0.3, -0.25) is 14.4 Å². The topological polar surface area (TPSA) is 78.9 Å². The third-order valence-corrected chi connectivity index (χ3v) is 14.9. The molecule has 0 aliphatic heterocycles. The van der Waals surface area contributed by atoms with E-state index in [1.165, 1.54) is 148 Å². The lowest BCUT2D eigenvalue weighted by Gasteiger charge is -2.18. The number of carbonyl (C=O) groups excluding carboxylic acids is 3. The predicted molar refractivity (Wildman–Crippen MR) is 362 cm³/mol. The van der Waals surface area contributed by atoms with Gasteiger partial charge < -0.3 is 14.2 Å². The molecule has 0 amide bonds. The van der Waals surface area contributed by atoms with Crippen molar-refractivity contribution in [2.45, 2.75) is 335 Å². The van der Waals surface area contributed by atoms with Gasteiger partial charge in [0.05, 0.1) is 0 Å². The van der Waals surface area contributed by atoms with Crippen LogP contribution in [0.3, 0.4) is 0 Å². The Morgan fingerprint density at radius 2 is 0.470 bits per heavy atom. The second-order valence-electron chi connectivity index (χ2n) is 23.0. The van der Waals surface area contributed by atoms with Crippen LogP contribution in [-0.4, -0.2) is 37.2 Å². The summed E-state index contributed by atoms with van der Waals surface area (Å²) in [5, 5.41) is 0. The maximum absolute atomic E-state index is 12.9. The molecule has 474 valence electrons. The number of carbonyl (C=O) groups is 3. The van der Waals surface area contributed by atoms with Crippen LogP contribution in [0.2, 0.25) is 0 Å². The molecule has 1 unspecified atom stereocenters. The average Bonchev–Trinajstić information content (AvgIpc) is 3.49. The molecule has 0 aromatic carbocycles. The average molecular weight is 1150 g/mol. The second kappa shape index (κ2) is 70.3. The lowest BCUT2D eigenvalue weighted by molar-refractivity contribution is -0.167. The molecule has 0 radical (unpaired) electrons. The molecule has 0 spiro atoms. The van der Waals surface area contributed by atoms with Gasteiger partial charge in [-0.25, -0.2) is 0 Å². The number of unbranched alkanes of at least 4 members (excludes halogenated alkanes) is 32. The molecule has 0 saturated carbocycles. The Bertz CT molecular complexity index is 1700. The van der Waals surface area contributed by atoms with Gasteiger partial charge >= 0.3 is 17.9 Å². The molecule has 0 rings (SSSR count). The molecular formula is C77H130O6. The summed E-state index contributed by atoms with van der Waals surface area (Å²) in [4.78, 5) is 38.4. The lowest BCUT2D eigenvalue weighted by atomic mass is 10.0. The van der Waals surface area contributed by atoms with E-state index in [2.05, 4.69) is 142 Å². The Morgan fingerprint density at radius 1 is 0.253 bits per heavy atom. The molecule has 0 aliphatic rings. The third kappa shape index (κ3) is 68.5. The van der Waals surface area contributed by atoms with E-state index < -0.39 is 6.10 Å². The van der Waals surface area contributed by atoms with Crippen LogP contribution in [0.15, 0.2) is 122 Å². The highest BCUT2D eigenvalue weighted by molar-refractivity contribution is 5.71. The van der Waals surface area contributed by atoms with Crippen LogP contribution in [-0.2, 0) is 28.6 Å². The third-order valence-electron chi connectivity index (χ3n) is 14.9. The maximum atomic E-state index is 12.9. The molecule has 6 nitrogen and oxygen atoms in total. The van der Waals surface area contributed by atoms with Crippen LogP contribution in [0.25, 0.3) is 0 Å². The Balaban J connectivity index is 4.26. The molecule has 6 heteroatoms. The summed E-state index contributed by atoms with van der Waals surface area (Å²) in [6.45, 7) is 6.39. The number of allylic oxidation sites excluding steroid dienone is 20. The number of hydrogen-bond donors (Lipinski definition) is 0. The monoisotopic (exact) mass is 1150 g/mol. The van der Waals surface area contributed by atoms with E-state index in [9.17, 15) is 14.4 Å². The SMILES string of the molecule is CC/C=C\C/C=C\C/C=C\C/C=C\C/C=C\CCCCCCCC(=O)OC(COC(=O)CCCCC/C=C\C/C=C\C/C=C\CC)COC(=O)CCCCCCCCCCCCCCCCCCCCC/C=C\C/C=C\CCCCCCC. The zero-order chi connectivity index (χ0) is 59.9. The summed E-state index contributed by atoms with van der Waals surface area (Å²) in [5.41, 5.74) is 0. The van der Waals surface area contributed by atoms with E-state index in [0.29, 0.717) is 19.3 Å². The van der Waals surface area contributed by atoms with E-state index in [1.807, 2.05) is 0 Å². The zero-order valence-electron chi connectivity index (χ0n) is 54.4. The highest BCUT2D eigenvalue weighted by Gasteiger charge is 2.19. The van der Waals surface area contributed by atoms with E-state index in [4.69, 9.17) is 14.2 Å². The minimum Gasteiger partial charge on any atom is -0.462 e. The van der Waals surface area contributed by atoms with Crippen molar-refractivity contribution in [2.75, 3.05) is 13.2 Å². The van der Waals surface area contributed by atoms with Crippen LogP contribution in [0.5, 0.6) is 0 Å². The first-order valence-corrected chi connectivity index (χ1v) is 35.0. The van der Waals surface area contributed by atoms with Crippen molar-refractivity contribution in [1.29, 1.82) is 0 Å². The molecule has 0 fully saturated rings. The fourth-order valence-corrected chi connectivity index (χ4v) is 9.75. The number of rotatable bonds is 63. The van der Waals surface area contributed by atoms with Crippen molar-refractivity contribution in [1.82, 2.24) is 0 Å². The number of esters is 3. The first kappa shape index (κ1) is 78.8. The lowest BCUT2D eigenvalue weighted by Crippen LogP contribution is -2.30. The quantitative estimate of drug-likeness (QED) is 0.0261. The Kier molecular flexibility index (Phi) is 66.7. The largest absolute Gasteiger partial charge is 0.462 e. The molecule has 1 atom stereocenters. The normalized spacial score (nSPS) is 12.9. The Labute approximate surface area is 513 Å². The summed E-state index contributed by atoms with van der Waals surface area (Å²) in [5.74, 6) is -0.937. The van der Waals surface area contributed by atoms with Crippen molar-refractivity contribution in [3.63, 3.8) is 0 Å². The smallest absolute Gasteiger partial charge is 0.306 e. The first-order valence-electron chi connectivity index (χ1n) is 35.0. The number of hydrogen-bond acceptors (Lipinski definition) is 6. The fourth-order valence-electron chi connectivity index (χ4n) is 9.75. The van der Waals surface area contributed by atoms with Gasteiger partial charge in [0.2, 0.25) is 0 Å². The summed E-state index contributed by atoms with van der Waals surface area (Å²) >= 11 is 0. The van der Waals surface area contributed by atoms with Crippen molar-refractivity contribution >= 4 is 17.9 Å². The molecular weight excluding hydrogens is 1020 g/mol. The maximum Gasteiger partial charge on any atom is 0.306 e. The van der Waals surface area contributed by atoms with Gasteiger partial charge in [0.15, 0.2) is 6.10 Å². The molecule has 0 aromatic rings. The van der Waals surface area contributed by atoms with Crippen molar-refractivity contribution in [3.8, 4) is 0 Å². The van der Waals surface area contributed by atoms with Crippen molar-refractivity contribution < 1.29 is 28.6 Å². The Hall–Kier alpha value is -4.19. The highest BCUT2D eigenvalue weighted by Crippen LogP contribution is 2.17. The second-order valence-corrected chi connectivity index (χ2v) is 23.0. The minimum atomic E-state index is -0.804. The van der Waals surface area contributed by atoms with Crippen LogP contribution in [0.1, 0.15) is 329 Å². The highest BCUT2D eigenvalue weighted by atomic mass is 16.6. The van der Waals surface area contributed by atoms with Crippen LogP contribution >= 0.6 is 0 Å². The number of ether oxygens (including phenoxy) is 3. The molecule has 0 heterocycles. The molecule has 83 heavy (non-hydrogen) atoms. The van der Waals surface area contributed by atoms with Gasteiger partial charge in [-0.2, -0.15) is 0 Å². The van der Waals surface area contributed by atoms with Gasteiger partial charge in [0.25, 0.3) is 0 Å². The first-order chi connectivity index (χ1) is 41.0. The van der Waals surface area contributed by atoms with E-state index in [0.717, 1.165) is 141 Å². The molecule has 0 bridgehead atoms. The van der Waals surface area contributed by atoms with Crippen LogP contribution in [0.4, 0.5) is 0 Å². The Morgan fingerprint density at radius 3 is 0.747 bits per heavy atom. The summed E-state index contributed by atoms with van der Waals surface area (Å²) in [6.07, 6.45) is 98.1. The van der Waals surface area contributed by atoms with Gasteiger partial charge in [0.1, 0.15) is 13.2 Å². The minimum absolute atomic E-state index is 0.0958. The standard InChI is InChI=1S/C77H130O6/c1-4-7-10-13-16-19-22-25-27-29-31-33-34-35-36-37-38-39-40-41-42-44-45-47-49-52-55-58-61-64-67-70-76(79)82-73-74(72-81-75(78)69-66-63-60-57-54-51-24-21-18-15-12-9-6-3)83-77(80)71-68-65-62-59-56-53-50-48-46-43-32-30-28-26-23-20-17-14-11-8-5-2/h8-9,11-12,17-18,20-22,25-26,28-29,31-32,43,48,50-51,54,74H,4-7,10,13-16,19,23-24,27,30,33-42,44-47,49,52-53,55-73H2,1-3H3/b11-8-,12-9-,20-17-,21-18-,25-22-,28-26-,31-29-,43-32-,50-48-,54-51-. The summed E-state index contributed by atoms with van der Waals surface area (Å²) in [6, 6.07) is 0. The molecule has 0 N–H and O–H groups in total. The summed E-state index contributed by atoms with van der Waals surface area (Å²) < 4.78 is 16.9. The fraction of sp³-hybridized carbons (Fsp3) is 0.701. The predicted octanol–water partition coefficient (Wildman–Crippen LogP) is 24.3. The molecule has 0 aromatic heterocycles. The zero-order valence-corrected chi connectivity index (χ0v) is 54.4. The van der Waals surface area contributed by atoms with Gasteiger partial charge in [-0.15, -0.1) is 0 Å². The van der Waals surface area contributed by atoms with Gasteiger partial charge in [0, 0.05) is 19.3 Å². The summed E-state index contributed by atoms with van der Waals surface area (Å²) in [7, 11) is 0. The molecule has 0 saturated heterocycles. The van der Waals surface area contributed by atoms with Crippen molar-refractivity contribution in [3.05, 3.63) is 122 Å². The van der Waals surface area contributed by atoms with Gasteiger partial charge in [-0.1, -0.05) is 303 Å². The van der Waals surface area contributed by atoms with Crippen LogP contribution < -0.4 is 0 Å². The van der Waals surface area contributed by atoms with Crippen molar-refractivity contribution in [2.24, 2.45) is 0 Å².